The highest BCUT2D eigenvalue weighted by atomic mass is 32.1. The molecular weight excluding hydrogens is 366 g/mol. The second-order valence-electron chi connectivity index (χ2n) is 6.31. The third-order valence-electron chi connectivity index (χ3n) is 4.62. The average Bonchev–Trinajstić information content (AvgIpc) is 3.30. The SMILES string of the molecule is Cc1onc(-c2ccccc2)c1C(=O)N1CCc2cc(C(=O)NO)sc2C1. The molecule has 4 rings (SSSR count). The first-order valence-electron chi connectivity index (χ1n) is 8.45. The summed E-state index contributed by atoms with van der Waals surface area (Å²) in [6, 6.07) is 11.2. The maximum atomic E-state index is 13.2. The fraction of sp³-hybridized carbons (Fsp3) is 0.211. The van der Waals surface area contributed by atoms with Gasteiger partial charge in [-0.05, 0) is 25.0 Å². The number of aromatic nitrogens is 1. The van der Waals surface area contributed by atoms with E-state index < -0.39 is 5.91 Å². The molecule has 1 aliphatic rings. The summed E-state index contributed by atoms with van der Waals surface area (Å²) in [6.45, 7) is 2.69. The van der Waals surface area contributed by atoms with Gasteiger partial charge in [-0.2, -0.15) is 0 Å². The summed E-state index contributed by atoms with van der Waals surface area (Å²) in [7, 11) is 0. The number of carbonyl (C=O) groups is 2. The molecule has 3 aromatic rings. The van der Waals surface area contributed by atoms with Crippen LogP contribution in [0.3, 0.4) is 0 Å². The fourth-order valence-corrected chi connectivity index (χ4v) is 4.35. The Labute approximate surface area is 159 Å². The van der Waals surface area contributed by atoms with Crippen LogP contribution in [0.1, 0.15) is 36.2 Å². The summed E-state index contributed by atoms with van der Waals surface area (Å²) in [5, 5.41) is 12.9. The number of hydrogen-bond donors (Lipinski definition) is 2. The second-order valence-corrected chi connectivity index (χ2v) is 7.44. The molecule has 7 nitrogen and oxygen atoms in total. The molecule has 0 bridgehead atoms. The van der Waals surface area contributed by atoms with Crippen molar-refractivity contribution in [1.82, 2.24) is 15.5 Å². The number of amides is 2. The lowest BCUT2D eigenvalue weighted by atomic mass is 10.0. The zero-order valence-corrected chi connectivity index (χ0v) is 15.4. The van der Waals surface area contributed by atoms with Gasteiger partial charge in [0.15, 0.2) is 0 Å². The van der Waals surface area contributed by atoms with Crippen LogP contribution in [0.2, 0.25) is 0 Å². The summed E-state index contributed by atoms with van der Waals surface area (Å²) >= 11 is 1.29. The largest absolute Gasteiger partial charge is 0.360 e. The van der Waals surface area contributed by atoms with Gasteiger partial charge in [0.05, 0.1) is 11.4 Å². The van der Waals surface area contributed by atoms with E-state index in [1.165, 1.54) is 11.3 Å². The molecule has 0 radical (unpaired) electrons. The molecule has 8 heteroatoms. The maximum absolute atomic E-state index is 13.2. The second kappa shape index (κ2) is 6.98. The van der Waals surface area contributed by atoms with E-state index in [2.05, 4.69) is 5.16 Å². The monoisotopic (exact) mass is 383 g/mol. The van der Waals surface area contributed by atoms with Crippen molar-refractivity contribution in [2.24, 2.45) is 0 Å². The van der Waals surface area contributed by atoms with E-state index in [-0.39, 0.29) is 5.91 Å². The Bertz CT molecular complexity index is 1010. The standard InChI is InChI=1S/C19H17N3O4S/c1-11-16(17(21-26-11)12-5-3-2-4-6-12)19(24)22-8-7-13-9-14(18(23)20-25)27-15(13)10-22/h2-6,9,25H,7-8,10H2,1H3,(H,20,23). The van der Waals surface area contributed by atoms with Crippen LogP contribution in [0.4, 0.5) is 0 Å². The van der Waals surface area contributed by atoms with Crippen LogP contribution in [0, 0.1) is 6.92 Å². The Kier molecular flexibility index (Phi) is 4.51. The Morgan fingerprint density at radius 1 is 1.30 bits per heavy atom. The topological polar surface area (TPSA) is 95.7 Å². The minimum atomic E-state index is -0.534. The highest BCUT2D eigenvalue weighted by molar-refractivity contribution is 7.14. The van der Waals surface area contributed by atoms with Crippen LogP contribution in [-0.2, 0) is 13.0 Å². The highest BCUT2D eigenvalue weighted by Gasteiger charge is 2.29. The van der Waals surface area contributed by atoms with Crippen LogP contribution >= 0.6 is 11.3 Å². The van der Waals surface area contributed by atoms with Gasteiger partial charge in [-0.25, -0.2) is 5.48 Å². The normalized spacial score (nSPS) is 13.3. The first kappa shape index (κ1) is 17.4. The van der Waals surface area contributed by atoms with Gasteiger partial charge in [-0.3, -0.25) is 14.8 Å². The lowest BCUT2D eigenvalue weighted by Crippen LogP contribution is -2.35. The maximum Gasteiger partial charge on any atom is 0.284 e. The Hall–Kier alpha value is -2.97. The molecule has 2 aromatic heterocycles. The minimum Gasteiger partial charge on any atom is -0.360 e. The van der Waals surface area contributed by atoms with E-state index in [1.54, 1.807) is 23.4 Å². The summed E-state index contributed by atoms with van der Waals surface area (Å²) in [5.41, 5.74) is 4.52. The molecule has 0 atom stereocenters. The molecule has 0 fully saturated rings. The van der Waals surface area contributed by atoms with Crippen LogP contribution < -0.4 is 5.48 Å². The predicted octanol–water partition coefficient (Wildman–Crippen LogP) is 3.03. The number of hydroxylamine groups is 1. The number of nitrogens with one attached hydrogen (secondary N) is 1. The van der Waals surface area contributed by atoms with Crippen LogP contribution in [-0.4, -0.2) is 33.6 Å². The molecule has 0 saturated heterocycles. The molecular formula is C19H17N3O4S. The first-order valence-corrected chi connectivity index (χ1v) is 9.27. The van der Waals surface area contributed by atoms with Gasteiger partial charge >= 0.3 is 0 Å². The first-order chi connectivity index (χ1) is 13.1. The summed E-state index contributed by atoms with van der Waals surface area (Å²) in [6.07, 6.45) is 0.654. The van der Waals surface area contributed by atoms with E-state index in [0.717, 1.165) is 16.0 Å². The molecule has 1 aromatic carbocycles. The van der Waals surface area contributed by atoms with Gasteiger partial charge < -0.3 is 9.42 Å². The molecule has 2 amide bonds. The van der Waals surface area contributed by atoms with Crippen molar-refractivity contribution in [3.05, 3.63) is 63.0 Å². The van der Waals surface area contributed by atoms with Crippen molar-refractivity contribution in [2.75, 3.05) is 6.54 Å². The van der Waals surface area contributed by atoms with E-state index in [0.29, 0.717) is 41.4 Å². The number of carbonyl (C=O) groups excluding carboxylic acids is 2. The van der Waals surface area contributed by atoms with Gasteiger partial charge in [0.2, 0.25) is 0 Å². The van der Waals surface area contributed by atoms with E-state index in [9.17, 15) is 9.59 Å². The number of rotatable bonds is 3. The molecule has 1 aliphatic heterocycles. The van der Waals surface area contributed by atoms with Gasteiger partial charge in [-0.15, -0.1) is 11.3 Å². The summed E-state index contributed by atoms with van der Waals surface area (Å²) < 4.78 is 5.31. The van der Waals surface area contributed by atoms with Crippen molar-refractivity contribution in [1.29, 1.82) is 0 Å². The van der Waals surface area contributed by atoms with Crippen LogP contribution in [0.25, 0.3) is 11.3 Å². The smallest absolute Gasteiger partial charge is 0.284 e. The molecule has 0 saturated carbocycles. The zero-order valence-electron chi connectivity index (χ0n) is 14.6. The lowest BCUT2D eigenvalue weighted by molar-refractivity contribution is 0.0709. The molecule has 3 heterocycles. The quantitative estimate of drug-likeness (QED) is 0.535. The number of nitrogens with zero attached hydrogens (tertiary/aromatic N) is 2. The molecule has 2 N–H and O–H groups in total. The molecule has 0 spiro atoms. The van der Waals surface area contributed by atoms with Crippen LogP contribution in [0.5, 0.6) is 0 Å². The molecule has 0 unspecified atom stereocenters. The number of benzene rings is 1. The van der Waals surface area contributed by atoms with Crippen LogP contribution in [0.15, 0.2) is 40.9 Å². The van der Waals surface area contributed by atoms with E-state index in [1.807, 2.05) is 30.3 Å². The van der Waals surface area contributed by atoms with Crippen molar-refractivity contribution >= 4 is 23.2 Å². The lowest BCUT2D eigenvalue weighted by Gasteiger charge is -2.26. The molecule has 27 heavy (non-hydrogen) atoms. The number of hydrogen-bond acceptors (Lipinski definition) is 6. The van der Waals surface area contributed by atoms with E-state index >= 15 is 0 Å². The van der Waals surface area contributed by atoms with Gasteiger partial charge in [-0.1, -0.05) is 35.5 Å². The number of fused-ring (bicyclic) bond motifs is 1. The summed E-state index contributed by atoms with van der Waals surface area (Å²) in [4.78, 5) is 27.9. The predicted molar refractivity (Wildman–Crippen MR) is 98.7 cm³/mol. The number of aryl methyl sites for hydroxylation is 1. The Balaban J connectivity index is 1.63. The molecule has 0 aliphatic carbocycles. The average molecular weight is 383 g/mol. The number of thiophene rings is 1. The van der Waals surface area contributed by atoms with E-state index in [4.69, 9.17) is 9.73 Å². The fourth-order valence-electron chi connectivity index (χ4n) is 3.24. The van der Waals surface area contributed by atoms with Gasteiger partial charge in [0.1, 0.15) is 17.0 Å². The third kappa shape index (κ3) is 3.13. The van der Waals surface area contributed by atoms with Crippen molar-refractivity contribution in [2.45, 2.75) is 19.9 Å². The van der Waals surface area contributed by atoms with Crippen molar-refractivity contribution in [3.8, 4) is 11.3 Å². The van der Waals surface area contributed by atoms with Crippen molar-refractivity contribution < 1.29 is 19.3 Å². The van der Waals surface area contributed by atoms with Gasteiger partial charge in [0.25, 0.3) is 11.8 Å². The summed E-state index contributed by atoms with van der Waals surface area (Å²) in [5.74, 6) is -0.190. The van der Waals surface area contributed by atoms with Gasteiger partial charge in [0, 0.05) is 17.0 Å². The Morgan fingerprint density at radius 2 is 2.07 bits per heavy atom. The third-order valence-corrected chi connectivity index (χ3v) is 5.78. The highest BCUT2D eigenvalue weighted by Crippen LogP contribution is 2.31. The molecule has 138 valence electrons. The Morgan fingerprint density at radius 3 is 2.81 bits per heavy atom. The minimum absolute atomic E-state index is 0.139. The van der Waals surface area contributed by atoms with Crippen molar-refractivity contribution in [3.63, 3.8) is 0 Å². The zero-order chi connectivity index (χ0) is 19.0.